The quantitative estimate of drug-likeness (QED) is 0.526. The number of aromatic hydroxyl groups is 1. The number of aliphatic hydroxyl groups excluding tert-OH is 3. The fourth-order valence-electron chi connectivity index (χ4n) is 3.26. The van der Waals surface area contributed by atoms with Crippen molar-refractivity contribution in [2.75, 3.05) is 20.8 Å². The summed E-state index contributed by atoms with van der Waals surface area (Å²) in [7, 11) is 2.64. The topological polar surface area (TPSA) is 148 Å². The van der Waals surface area contributed by atoms with Gasteiger partial charge in [-0.2, -0.15) is 0 Å². The minimum absolute atomic E-state index is 0.00453. The number of phenolic OH excluding ortho intramolecular Hbond substituents is 1. The molecule has 1 aliphatic rings. The number of aliphatic hydroxyl groups is 3. The number of fused-ring (bicyclic) bond motifs is 1. The van der Waals surface area contributed by atoms with Crippen LogP contribution in [-0.4, -0.2) is 72.0 Å². The van der Waals surface area contributed by atoms with E-state index in [4.69, 9.17) is 23.4 Å². The molecular formula is C18H22O10. The molecule has 10 nitrogen and oxygen atoms in total. The number of methoxy groups -OCH3 is 2. The van der Waals surface area contributed by atoms with Gasteiger partial charge in [0.15, 0.2) is 11.5 Å². The smallest absolute Gasteiger partial charge is 0.347 e. The number of phenols is 1. The Morgan fingerprint density at radius 1 is 1.18 bits per heavy atom. The van der Waals surface area contributed by atoms with Crippen molar-refractivity contribution in [3.63, 3.8) is 0 Å². The van der Waals surface area contributed by atoms with Gasteiger partial charge >= 0.3 is 5.63 Å². The Balaban J connectivity index is 2.09. The Morgan fingerprint density at radius 3 is 2.50 bits per heavy atom. The van der Waals surface area contributed by atoms with Gasteiger partial charge < -0.3 is 43.8 Å². The Labute approximate surface area is 159 Å². The number of hydrogen-bond donors (Lipinski definition) is 4. The highest BCUT2D eigenvalue weighted by molar-refractivity contribution is 5.94. The Hall–Kier alpha value is -2.37. The molecule has 0 spiro atoms. The zero-order valence-corrected chi connectivity index (χ0v) is 15.5. The van der Waals surface area contributed by atoms with Crippen molar-refractivity contribution in [1.82, 2.24) is 0 Å². The van der Waals surface area contributed by atoms with E-state index in [9.17, 15) is 25.2 Å². The summed E-state index contributed by atoms with van der Waals surface area (Å²) in [6.45, 7) is 1.06. The van der Waals surface area contributed by atoms with Crippen LogP contribution in [-0.2, 0) is 9.47 Å². The van der Waals surface area contributed by atoms with Crippen molar-refractivity contribution in [3.8, 4) is 17.2 Å². The molecule has 4 N–H and O–H groups in total. The number of benzene rings is 1. The molecule has 0 saturated carbocycles. The summed E-state index contributed by atoms with van der Waals surface area (Å²) in [5.41, 5.74) is -0.780. The van der Waals surface area contributed by atoms with E-state index < -0.39 is 42.9 Å². The lowest BCUT2D eigenvalue weighted by atomic mass is 9.99. The van der Waals surface area contributed by atoms with Crippen LogP contribution < -0.4 is 15.1 Å². The second-order valence-electron chi connectivity index (χ2n) is 6.39. The van der Waals surface area contributed by atoms with Gasteiger partial charge in [0.2, 0.25) is 6.29 Å². The summed E-state index contributed by atoms with van der Waals surface area (Å²) in [6.07, 6.45) is -6.26. The molecule has 1 aliphatic heterocycles. The molecule has 10 heteroatoms. The molecule has 0 unspecified atom stereocenters. The van der Waals surface area contributed by atoms with Crippen LogP contribution in [0.1, 0.15) is 5.76 Å². The molecule has 1 fully saturated rings. The van der Waals surface area contributed by atoms with E-state index in [1.54, 1.807) is 6.92 Å². The normalized spacial score (nSPS) is 27.7. The maximum absolute atomic E-state index is 12.2. The van der Waals surface area contributed by atoms with Gasteiger partial charge in [-0.25, -0.2) is 4.79 Å². The summed E-state index contributed by atoms with van der Waals surface area (Å²) in [5, 5.41) is 40.3. The fraction of sp³-hybridized carbons (Fsp3) is 0.500. The van der Waals surface area contributed by atoms with E-state index in [2.05, 4.69) is 0 Å². The molecule has 5 atom stereocenters. The van der Waals surface area contributed by atoms with Crippen molar-refractivity contribution in [3.05, 3.63) is 28.3 Å². The van der Waals surface area contributed by atoms with E-state index in [1.807, 2.05) is 0 Å². The maximum atomic E-state index is 12.2. The third-order valence-electron chi connectivity index (χ3n) is 4.61. The van der Waals surface area contributed by atoms with Crippen LogP contribution >= 0.6 is 0 Å². The average Bonchev–Trinajstić information content (AvgIpc) is 2.66. The standard InChI is InChI=1S/C18H22O10/c1-7-4-8-12(17(23)26-7)9(20)5-10(24-2)15(8)28-18-14(22)13(21)16(25-3)11(6-19)27-18/h4-5,11,13-14,16,18-22H,6H2,1-3H3/t11-,13+,14-,16-,18+/m0/s1. The first-order valence-electron chi connectivity index (χ1n) is 8.48. The van der Waals surface area contributed by atoms with Gasteiger partial charge in [0.25, 0.3) is 0 Å². The van der Waals surface area contributed by atoms with Crippen LogP contribution in [0.15, 0.2) is 21.3 Å². The van der Waals surface area contributed by atoms with Gasteiger partial charge in [-0.15, -0.1) is 0 Å². The Morgan fingerprint density at radius 2 is 1.89 bits per heavy atom. The predicted molar refractivity (Wildman–Crippen MR) is 94.6 cm³/mol. The molecule has 3 rings (SSSR count). The molecule has 0 bridgehead atoms. The number of rotatable bonds is 5. The predicted octanol–water partition coefficient (Wildman–Crippen LogP) is -0.352. The van der Waals surface area contributed by atoms with Gasteiger partial charge in [0.05, 0.1) is 13.7 Å². The molecule has 28 heavy (non-hydrogen) atoms. The van der Waals surface area contributed by atoms with E-state index >= 15 is 0 Å². The van der Waals surface area contributed by atoms with Gasteiger partial charge in [0, 0.05) is 18.6 Å². The highest BCUT2D eigenvalue weighted by atomic mass is 16.7. The fourth-order valence-corrected chi connectivity index (χ4v) is 3.26. The summed E-state index contributed by atoms with van der Waals surface area (Å²) < 4.78 is 26.6. The first kappa shape index (κ1) is 20.4. The van der Waals surface area contributed by atoms with Crippen LogP contribution in [0.4, 0.5) is 0 Å². The monoisotopic (exact) mass is 398 g/mol. The second-order valence-corrected chi connectivity index (χ2v) is 6.39. The summed E-state index contributed by atoms with van der Waals surface area (Å²) in [5.74, 6) is -0.0524. The lowest BCUT2D eigenvalue weighted by Gasteiger charge is -2.41. The molecule has 0 aliphatic carbocycles. The minimum Gasteiger partial charge on any atom is -0.507 e. The maximum Gasteiger partial charge on any atom is 0.347 e. The summed E-state index contributed by atoms with van der Waals surface area (Å²) in [4.78, 5) is 12.2. The van der Waals surface area contributed by atoms with Gasteiger partial charge in [-0.05, 0) is 13.0 Å². The van der Waals surface area contributed by atoms with Crippen LogP contribution in [0.25, 0.3) is 10.8 Å². The molecule has 1 saturated heterocycles. The molecule has 1 aromatic carbocycles. The van der Waals surface area contributed by atoms with E-state index in [1.165, 1.54) is 20.3 Å². The number of aryl methyl sites for hydroxylation is 1. The van der Waals surface area contributed by atoms with Crippen LogP contribution in [0.5, 0.6) is 17.2 Å². The number of ether oxygens (including phenoxy) is 4. The van der Waals surface area contributed by atoms with Crippen molar-refractivity contribution in [2.24, 2.45) is 0 Å². The zero-order valence-electron chi connectivity index (χ0n) is 15.5. The van der Waals surface area contributed by atoms with Crippen LogP contribution in [0, 0.1) is 6.92 Å². The third-order valence-corrected chi connectivity index (χ3v) is 4.61. The summed E-state index contributed by atoms with van der Waals surface area (Å²) >= 11 is 0. The molecule has 2 heterocycles. The molecule has 1 aromatic heterocycles. The SMILES string of the molecule is COc1cc(O)c2c(=O)oc(C)cc2c1O[C@H]1O[C@@H](CO)[C@H](OC)[C@H](O)[C@@H]1O. The van der Waals surface area contributed by atoms with Crippen molar-refractivity contribution in [2.45, 2.75) is 37.6 Å². The second kappa shape index (κ2) is 7.94. The van der Waals surface area contributed by atoms with Crippen molar-refractivity contribution < 1.29 is 43.8 Å². The van der Waals surface area contributed by atoms with Gasteiger partial charge in [0.1, 0.15) is 41.3 Å². The molecule has 0 amide bonds. The highest BCUT2D eigenvalue weighted by Gasteiger charge is 2.46. The van der Waals surface area contributed by atoms with Crippen molar-refractivity contribution >= 4 is 10.8 Å². The first-order chi connectivity index (χ1) is 13.3. The van der Waals surface area contributed by atoms with Gasteiger partial charge in [-0.1, -0.05) is 0 Å². The number of hydrogen-bond acceptors (Lipinski definition) is 10. The molecule has 0 radical (unpaired) electrons. The van der Waals surface area contributed by atoms with E-state index in [-0.39, 0.29) is 33.8 Å². The summed E-state index contributed by atoms with van der Waals surface area (Å²) in [6, 6.07) is 2.62. The minimum atomic E-state index is -1.53. The molecular weight excluding hydrogens is 376 g/mol. The third kappa shape index (κ3) is 3.40. The zero-order chi connectivity index (χ0) is 20.6. The van der Waals surface area contributed by atoms with Crippen LogP contribution in [0.2, 0.25) is 0 Å². The lowest BCUT2D eigenvalue weighted by molar-refractivity contribution is -0.281. The highest BCUT2D eigenvalue weighted by Crippen LogP contribution is 2.41. The van der Waals surface area contributed by atoms with E-state index in [0.717, 1.165) is 6.07 Å². The van der Waals surface area contributed by atoms with E-state index in [0.29, 0.717) is 0 Å². The molecule has 2 aromatic rings. The Bertz CT molecular complexity index is 905. The molecule has 154 valence electrons. The van der Waals surface area contributed by atoms with Gasteiger partial charge in [-0.3, -0.25) is 0 Å². The average molecular weight is 398 g/mol. The lowest BCUT2D eigenvalue weighted by Crippen LogP contribution is -2.60. The first-order valence-corrected chi connectivity index (χ1v) is 8.48. The van der Waals surface area contributed by atoms with Crippen molar-refractivity contribution in [1.29, 1.82) is 0 Å². The largest absolute Gasteiger partial charge is 0.507 e. The van der Waals surface area contributed by atoms with Crippen LogP contribution in [0.3, 0.4) is 0 Å². The Kier molecular flexibility index (Phi) is 5.77.